The molecule has 1 atom stereocenters. The molecule has 1 aromatic heterocycles. The van der Waals surface area contributed by atoms with E-state index in [4.69, 9.17) is 4.74 Å². The van der Waals surface area contributed by atoms with Crippen LogP contribution in [0.15, 0.2) is 11.5 Å². The fraction of sp³-hybridized carbons (Fsp3) is 0.500. The van der Waals surface area contributed by atoms with E-state index < -0.39 is 15.9 Å². The fourth-order valence-corrected chi connectivity index (χ4v) is 3.79. The first kappa shape index (κ1) is 15.1. The lowest BCUT2D eigenvalue weighted by molar-refractivity contribution is -0.114. The first-order valence-corrected chi connectivity index (χ1v) is 8.70. The molecule has 2 rings (SSSR count). The maximum absolute atomic E-state index is 11.8. The number of aromatic nitrogens is 1. The summed E-state index contributed by atoms with van der Waals surface area (Å²) in [6, 6.07) is 0. The molecular weight excluding hydrogens is 300 g/mol. The minimum atomic E-state index is -3.61. The normalized spacial score (nSPS) is 19.6. The van der Waals surface area contributed by atoms with Gasteiger partial charge in [0.05, 0.1) is 23.1 Å². The molecule has 0 saturated carbocycles. The van der Waals surface area contributed by atoms with Crippen LogP contribution in [0, 0.1) is 12.8 Å². The second-order valence-corrected chi connectivity index (χ2v) is 7.43. The number of nitrogens with zero attached hydrogens (tertiary/aromatic N) is 1. The molecule has 110 valence electrons. The van der Waals surface area contributed by atoms with Gasteiger partial charge in [0, 0.05) is 24.0 Å². The van der Waals surface area contributed by atoms with Crippen molar-refractivity contribution in [3.8, 4) is 0 Å². The monoisotopic (exact) mass is 316 g/mol. The highest BCUT2D eigenvalue weighted by molar-refractivity contribution is 7.90. The Bertz CT molecular complexity index is 601. The van der Waals surface area contributed by atoms with Gasteiger partial charge in [-0.1, -0.05) is 0 Å². The van der Waals surface area contributed by atoms with Gasteiger partial charge in [-0.05, 0) is 19.4 Å². The summed E-state index contributed by atoms with van der Waals surface area (Å²) in [5.74, 6) is -0.775. The molecular formula is C12H16N2O4S2. The quantitative estimate of drug-likeness (QED) is 0.817. The highest BCUT2D eigenvalue weighted by Gasteiger charge is 2.23. The Hall–Kier alpha value is -1.25. The Balaban J connectivity index is 1.88. The van der Waals surface area contributed by atoms with E-state index in [2.05, 4.69) is 4.98 Å². The van der Waals surface area contributed by atoms with Crippen LogP contribution in [0.25, 0.3) is 6.08 Å². The number of carbonyl (C=O) groups is 1. The summed E-state index contributed by atoms with van der Waals surface area (Å²) < 4.78 is 30.7. The standard InChI is InChI=1S/C12H16N2O4S2/c1-9-13-11(7-19-9)2-3-12(15)14-20(16,17)8-10-4-5-18-6-10/h2-3,7,10H,4-6,8H2,1H3,(H,14,15)/b3-2+. The van der Waals surface area contributed by atoms with Gasteiger partial charge in [0.2, 0.25) is 10.0 Å². The summed E-state index contributed by atoms with van der Waals surface area (Å²) in [5.41, 5.74) is 0.643. The Morgan fingerprint density at radius 3 is 3.05 bits per heavy atom. The number of hydrogen-bond acceptors (Lipinski definition) is 6. The van der Waals surface area contributed by atoms with Gasteiger partial charge < -0.3 is 4.74 Å². The maximum atomic E-state index is 11.8. The molecule has 0 spiro atoms. The number of rotatable bonds is 5. The van der Waals surface area contributed by atoms with Gasteiger partial charge in [-0.3, -0.25) is 4.79 Å². The van der Waals surface area contributed by atoms with Gasteiger partial charge in [0.1, 0.15) is 0 Å². The van der Waals surface area contributed by atoms with Crippen LogP contribution in [0.2, 0.25) is 0 Å². The van der Waals surface area contributed by atoms with E-state index in [1.165, 1.54) is 23.5 Å². The van der Waals surface area contributed by atoms with E-state index in [9.17, 15) is 13.2 Å². The largest absolute Gasteiger partial charge is 0.381 e. The third-order valence-electron chi connectivity index (χ3n) is 2.78. The van der Waals surface area contributed by atoms with Crippen molar-refractivity contribution in [3.63, 3.8) is 0 Å². The first-order valence-electron chi connectivity index (χ1n) is 6.17. The molecule has 1 aliphatic heterocycles. The number of ether oxygens (including phenoxy) is 1. The van der Waals surface area contributed by atoms with Crippen LogP contribution in [-0.4, -0.2) is 38.3 Å². The lowest BCUT2D eigenvalue weighted by atomic mass is 10.2. The van der Waals surface area contributed by atoms with Gasteiger partial charge in [0.25, 0.3) is 5.91 Å². The number of aryl methyl sites for hydroxylation is 1. The number of thiazole rings is 1. The lowest BCUT2D eigenvalue weighted by Crippen LogP contribution is -2.33. The van der Waals surface area contributed by atoms with Crippen molar-refractivity contribution in [2.24, 2.45) is 5.92 Å². The molecule has 2 heterocycles. The molecule has 1 saturated heterocycles. The summed E-state index contributed by atoms with van der Waals surface area (Å²) in [6.07, 6.45) is 3.38. The summed E-state index contributed by atoms with van der Waals surface area (Å²) in [5, 5.41) is 2.68. The van der Waals surface area contributed by atoms with Crippen molar-refractivity contribution >= 4 is 33.3 Å². The van der Waals surface area contributed by atoms with Crippen LogP contribution in [0.3, 0.4) is 0 Å². The third-order valence-corrected chi connectivity index (χ3v) is 4.99. The summed E-state index contributed by atoms with van der Waals surface area (Å²) >= 11 is 1.46. The van der Waals surface area contributed by atoms with Crippen molar-refractivity contribution in [2.45, 2.75) is 13.3 Å². The molecule has 1 N–H and O–H groups in total. The van der Waals surface area contributed by atoms with Crippen LogP contribution in [0.1, 0.15) is 17.1 Å². The van der Waals surface area contributed by atoms with E-state index in [1.807, 2.05) is 11.6 Å². The average Bonchev–Trinajstić information content (AvgIpc) is 2.97. The molecule has 0 bridgehead atoms. The van der Waals surface area contributed by atoms with Crippen molar-refractivity contribution in [3.05, 3.63) is 22.2 Å². The average molecular weight is 316 g/mol. The zero-order valence-electron chi connectivity index (χ0n) is 11.0. The Labute approximate surface area is 121 Å². The predicted octanol–water partition coefficient (Wildman–Crippen LogP) is 0.947. The highest BCUT2D eigenvalue weighted by Crippen LogP contribution is 2.14. The Morgan fingerprint density at radius 2 is 2.45 bits per heavy atom. The second kappa shape index (κ2) is 6.47. The van der Waals surface area contributed by atoms with Crippen molar-refractivity contribution in [1.29, 1.82) is 0 Å². The van der Waals surface area contributed by atoms with Crippen LogP contribution < -0.4 is 4.72 Å². The van der Waals surface area contributed by atoms with Crippen molar-refractivity contribution in [1.82, 2.24) is 9.71 Å². The predicted molar refractivity (Wildman–Crippen MR) is 76.7 cm³/mol. The van der Waals surface area contributed by atoms with Crippen LogP contribution in [0.4, 0.5) is 0 Å². The zero-order chi connectivity index (χ0) is 14.6. The van der Waals surface area contributed by atoms with Crippen molar-refractivity contribution < 1.29 is 17.9 Å². The number of nitrogens with one attached hydrogen (secondary N) is 1. The molecule has 20 heavy (non-hydrogen) atoms. The van der Waals surface area contributed by atoms with E-state index in [1.54, 1.807) is 5.38 Å². The number of amides is 1. The fourth-order valence-electron chi connectivity index (χ4n) is 1.87. The highest BCUT2D eigenvalue weighted by atomic mass is 32.2. The number of sulfonamides is 1. The molecule has 0 radical (unpaired) electrons. The first-order chi connectivity index (χ1) is 9.44. The Kier molecular flexibility index (Phi) is 4.90. The Morgan fingerprint density at radius 1 is 1.65 bits per heavy atom. The molecule has 1 fully saturated rings. The van der Waals surface area contributed by atoms with Gasteiger partial charge in [-0.25, -0.2) is 18.1 Å². The molecule has 1 aromatic rings. The SMILES string of the molecule is Cc1nc(/C=C/C(=O)NS(=O)(=O)CC2CCOC2)cs1. The smallest absolute Gasteiger partial charge is 0.257 e. The van der Waals surface area contributed by atoms with Gasteiger partial charge in [-0.2, -0.15) is 0 Å². The third kappa shape index (κ3) is 4.69. The lowest BCUT2D eigenvalue weighted by Gasteiger charge is -2.08. The van der Waals surface area contributed by atoms with E-state index in [-0.39, 0.29) is 11.7 Å². The van der Waals surface area contributed by atoms with Crippen LogP contribution in [-0.2, 0) is 19.6 Å². The molecule has 1 amide bonds. The molecule has 0 aliphatic carbocycles. The topological polar surface area (TPSA) is 85.4 Å². The summed E-state index contributed by atoms with van der Waals surface area (Å²) in [6.45, 7) is 2.87. The number of carbonyl (C=O) groups excluding carboxylic acids is 1. The minimum Gasteiger partial charge on any atom is -0.381 e. The summed E-state index contributed by atoms with van der Waals surface area (Å²) in [4.78, 5) is 15.7. The van der Waals surface area contributed by atoms with Gasteiger partial charge in [0.15, 0.2) is 0 Å². The molecule has 6 nitrogen and oxygen atoms in total. The molecule has 8 heteroatoms. The molecule has 0 aromatic carbocycles. The van der Waals surface area contributed by atoms with Gasteiger partial charge in [-0.15, -0.1) is 11.3 Å². The zero-order valence-corrected chi connectivity index (χ0v) is 12.7. The molecule has 1 unspecified atom stereocenters. The maximum Gasteiger partial charge on any atom is 0.257 e. The van der Waals surface area contributed by atoms with E-state index >= 15 is 0 Å². The number of hydrogen-bond donors (Lipinski definition) is 1. The molecule has 1 aliphatic rings. The van der Waals surface area contributed by atoms with Gasteiger partial charge >= 0.3 is 0 Å². The van der Waals surface area contributed by atoms with Crippen molar-refractivity contribution in [2.75, 3.05) is 19.0 Å². The van der Waals surface area contributed by atoms with Crippen LogP contribution >= 0.6 is 11.3 Å². The van der Waals surface area contributed by atoms with E-state index in [0.717, 1.165) is 5.01 Å². The van der Waals surface area contributed by atoms with Crippen LogP contribution in [0.5, 0.6) is 0 Å². The van der Waals surface area contributed by atoms with E-state index in [0.29, 0.717) is 25.3 Å². The summed E-state index contributed by atoms with van der Waals surface area (Å²) in [7, 11) is -3.61. The second-order valence-electron chi connectivity index (χ2n) is 4.60. The minimum absolute atomic E-state index is 0.0366.